The van der Waals surface area contributed by atoms with Crippen LogP contribution in [-0.2, 0) is 22.6 Å². The molecule has 2 aromatic heterocycles. The van der Waals surface area contributed by atoms with Gasteiger partial charge in [-0.3, -0.25) is 4.68 Å². The molecule has 1 fully saturated rings. The van der Waals surface area contributed by atoms with E-state index in [-0.39, 0.29) is 12.1 Å². The average molecular weight is 303 g/mol. The quantitative estimate of drug-likeness (QED) is 0.906. The van der Waals surface area contributed by atoms with Crippen LogP contribution in [0, 0.1) is 0 Å². The van der Waals surface area contributed by atoms with E-state index in [0.717, 1.165) is 31.2 Å². The molecule has 4 rings (SSSR count). The molecule has 7 nitrogen and oxygen atoms in total. The molecular weight excluding hydrogens is 282 g/mol. The zero-order chi connectivity index (χ0) is 14.9. The molecule has 0 saturated carbocycles. The third-order valence-electron chi connectivity index (χ3n) is 4.31. The van der Waals surface area contributed by atoms with Crippen LogP contribution in [0.3, 0.4) is 0 Å². The van der Waals surface area contributed by atoms with Crippen LogP contribution in [0.1, 0.15) is 18.7 Å². The van der Waals surface area contributed by atoms with Gasteiger partial charge in [0.2, 0.25) is 0 Å². The molecule has 0 aliphatic carbocycles. The minimum atomic E-state index is 0.0804. The largest absolute Gasteiger partial charge is 0.376 e. The molecule has 1 N–H and O–H groups in total. The normalized spacial score (nSPS) is 24.6. The lowest BCUT2D eigenvalue weighted by atomic mass is 10.2. The lowest BCUT2D eigenvalue weighted by molar-refractivity contribution is 0.0364. The Morgan fingerprint density at radius 2 is 2.41 bits per heavy atom. The van der Waals surface area contributed by atoms with E-state index < -0.39 is 0 Å². The lowest BCUT2D eigenvalue weighted by Gasteiger charge is -2.20. The van der Waals surface area contributed by atoms with Crippen molar-refractivity contribution in [2.45, 2.75) is 32.2 Å². The molecule has 0 unspecified atom stereocenters. The first-order chi connectivity index (χ1) is 10.9. The van der Waals surface area contributed by atoms with Crippen LogP contribution in [0.2, 0.25) is 0 Å². The van der Waals surface area contributed by atoms with Crippen LogP contribution in [0.25, 0.3) is 11.5 Å². The standard InChI is InChI=1S/C15H21N5O2/c1-2-22-14-10-21-9-13(14)19-5-4-17-15(19)12-7-11-8-16-3-6-20(11)18-12/h4-5,7,13-14,16H,2-3,6,8-10H2,1H3/t13-,14-/m0/s1. The molecule has 0 aromatic carbocycles. The van der Waals surface area contributed by atoms with Gasteiger partial charge in [0, 0.05) is 32.1 Å². The van der Waals surface area contributed by atoms with Gasteiger partial charge in [-0.2, -0.15) is 5.10 Å². The summed E-state index contributed by atoms with van der Waals surface area (Å²) >= 11 is 0. The van der Waals surface area contributed by atoms with Crippen LogP contribution in [0.4, 0.5) is 0 Å². The molecule has 0 bridgehead atoms. The van der Waals surface area contributed by atoms with Crippen LogP contribution < -0.4 is 5.32 Å². The Hall–Kier alpha value is -1.70. The highest BCUT2D eigenvalue weighted by atomic mass is 16.5. The Morgan fingerprint density at radius 1 is 1.45 bits per heavy atom. The van der Waals surface area contributed by atoms with Gasteiger partial charge < -0.3 is 19.4 Å². The lowest BCUT2D eigenvalue weighted by Crippen LogP contribution is -2.28. The molecule has 2 atom stereocenters. The predicted octanol–water partition coefficient (Wildman–Crippen LogP) is 0.826. The summed E-state index contributed by atoms with van der Waals surface area (Å²) < 4.78 is 15.6. The number of ether oxygens (including phenoxy) is 2. The zero-order valence-electron chi connectivity index (χ0n) is 12.7. The molecule has 0 radical (unpaired) electrons. The first kappa shape index (κ1) is 13.9. The van der Waals surface area contributed by atoms with E-state index in [2.05, 4.69) is 25.6 Å². The van der Waals surface area contributed by atoms with Crippen LogP contribution in [0.5, 0.6) is 0 Å². The molecule has 118 valence electrons. The van der Waals surface area contributed by atoms with Crippen molar-refractivity contribution in [2.75, 3.05) is 26.4 Å². The van der Waals surface area contributed by atoms with E-state index in [1.54, 1.807) is 0 Å². The number of hydrogen-bond donors (Lipinski definition) is 1. The molecule has 2 aromatic rings. The summed E-state index contributed by atoms with van der Waals surface area (Å²) in [5, 5.41) is 8.07. The van der Waals surface area contributed by atoms with Gasteiger partial charge in [0.25, 0.3) is 0 Å². The second kappa shape index (κ2) is 5.83. The molecule has 22 heavy (non-hydrogen) atoms. The molecule has 7 heteroatoms. The SMILES string of the molecule is CCO[C@H]1COC[C@@H]1n1ccnc1-c1cc2n(n1)CCNC2. The number of fused-ring (bicyclic) bond motifs is 1. The second-order valence-electron chi connectivity index (χ2n) is 5.68. The Balaban J connectivity index is 1.66. The van der Waals surface area contributed by atoms with Crippen LogP contribution in [0.15, 0.2) is 18.5 Å². The summed E-state index contributed by atoms with van der Waals surface area (Å²) in [7, 11) is 0. The fourth-order valence-electron chi connectivity index (χ4n) is 3.24. The van der Waals surface area contributed by atoms with Crippen molar-refractivity contribution >= 4 is 0 Å². The van der Waals surface area contributed by atoms with Gasteiger partial charge in [-0.25, -0.2) is 4.98 Å². The highest BCUT2D eigenvalue weighted by Gasteiger charge is 2.32. The topological polar surface area (TPSA) is 66.1 Å². The van der Waals surface area contributed by atoms with Crippen LogP contribution >= 0.6 is 0 Å². The number of aromatic nitrogens is 4. The number of nitrogens with one attached hydrogen (secondary N) is 1. The number of hydrogen-bond acceptors (Lipinski definition) is 5. The van der Waals surface area contributed by atoms with Crippen molar-refractivity contribution in [3.05, 3.63) is 24.2 Å². The summed E-state index contributed by atoms with van der Waals surface area (Å²) in [6, 6.07) is 2.28. The summed E-state index contributed by atoms with van der Waals surface area (Å²) in [5.41, 5.74) is 2.13. The van der Waals surface area contributed by atoms with Crippen molar-refractivity contribution in [1.29, 1.82) is 0 Å². The van der Waals surface area contributed by atoms with E-state index in [1.165, 1.54) is 5.69 Å². The van der Waals surface area contributed by atoms with Gasteiger partial charge in [0.15, 0.2) is 5.82 Å². The Labute approximate surface area is 129 Å². The Kier molecular flexibility index (Phi) is 3.69. The zero-order valence-corrected chi connectivity index (χ0v) is 12.7. The van der Waals surface area contributed by atoms with E-state index in [9.17, 15) is 0 Å². The number of rotatable bonds is 4. The van der Waals surface area contributed by atoms with Crippen molar-refractivity contribution < 1.29 is 9.47 Å². The minimum Gasteiger partial charge on any atom is -0.376 e. The third-order valence-corrected chi connectivity index (χ3v) is 4.31. The maximum Gasteiger partial charge on any atom is 0.160 e. The molecular formula is C15H21N5O2. The maximum atomic E-state index is 5.80. The minimum absolute atomic E-state index is 0.0804. The van der Waals surface area contributed by atoms with E-state index >= 15 is 0 Å². The summed E-state index contributed by atoms with van der Waals surface area (Å²) in [4.78, 5) is 4.52. The smallest absolute Gasteiger partial charge is 0.160 e. The molecule has 4 heterocycles. The maximum absolute atomic E-state index is 5.80. The van der Waals surface area contributed by atoms with Gasteiger partial charge in [-0.05, 0) is 13.0 Å². The molecule has 2 aliphatic rings. The Bertz CT molecular complexity index is 627. The van der Waals surface area contributed by atoms with Gasteiger partial charge in [0.1, 0.15) is 11.8 Å². The molecule has 2 aliphatic heterocycles. The third kappa shape index (κ3) is 2.35. The van der Waals surface area contributed by atoms with Crippen molar-refractivity contribution in [3.8, 4) is 11.5 Å². The summed E-state index contributed by atoms with van der Waals surface area (Å²) in [6.45, 7) is 6.74. The first-order valence-electron chi connectivity index (χ1n) is 7.87. The fraction of sp³-hybridized carbons (Fsp3) is 0.600. The van der Waals surface area contributed by atoms with E-state index in [4.69, 9.17) is 14.6 Å². The molecule has 0 amide bonds. The number of nitrogens with zero attached hydrogens (tertiary/aromatic N) is 4. The highest BCUT2D eigenvalue weighted by molar-refractivity contribution is 5.51. The number of imidazole rings is 1. The van der Waals surface area contributed by atoms with Gasteiger partial charge in [0.05, 0.1) is 31.5 Å². The predicted molar refractivity (Wildman–Crippen MR) is 80.4 cm³/mol. The molecule has 1 saturated heterocycles. The van der Waals surface area contributed by atoms with E-state index in [0.29, 0.717) is 19.8 Å². The monoisotopic (exact) mass is 303 g/mol. The second-order valence-corrected chi connectivity index (χ2v) is 5.68. The first-order valence-corrected chi connectivity index (χ1v) is 7.87. The molecule has 0 spiro atoms. The van der Waals surface area contributed by atoms with Crippen molar-refractivity contribution in [2.24, 2.45) is 0 Å². The van der Waals surface area contributed by atoms with Crippen molar-refractivity contribution in [3.63, 3.8) is 0 Å². The van der Waals surface area contributed by atoms with E-state index in [1.807, 2.05) is 19.3 Å². The van der Waals surface area contributed by atoms with Gasteiger partial charge in [-0.1, -0.05) is 0 Å². The summed E-state index contributed by atoms with van der Waals surface area (Å²) in [6.07, 6.45) is 3.90. The van der Waals surface area contributed by atoms with Crippen LogP contribution in [-0.4, -0.2) is 51.8 Å². The Morgan fingerprint density at radius 3 is 3.27 bits per heavy atom. The fourth-order valence-corrected chi connectivity index (χ4v) is 3.24. The van der Waals surface area contributed by atoms with Crippen molar-refractivity contribution in [1.82, 2.24) is 24.6 Å². The van der Waals surface area contributed by atoms with Gasteiger partial charge in [-0.15, -0.1) is 0 Å². The van der Waals surface area contributed by atoms with Gasteiger partial charge >= 0.3 is 0 Å². The summed E-state index contributed by atoms with van der Waals surface area (Å²) in [5.74, 6) is 0.891. The average Bonchev–Trinajstić information content (AvgIpc) is 3.25. The highest BCUT2D eigenvalue weighted by Crippen LogP contribution is 2.28.